The van der Waals surface area contributed by atoms with E-state index in [1.54, 1.807) is 0 Å². The average Bonchev–Trinajstić information content (AvgIpc) is 2.46. The number of hydrogen-bond donors (Lipinski definition) is 0. The lowest BCUT2D eigenvalue weighted by Gasteiger charge is -1.97. The van der Waals surface area contributed by atoms with Gasteiger partial charge in [0.2, 0.25) is 0 Å². The van der Waals surface area contributed by atoms with E-state index < -0.39 is 0 Å². The van der Waals surface area contributed by atoms with Crippen LogP contribution in [0.1, 0.15) is 11.1 Å². The zero-order valence-electron chi connectivity index (χ0n) is 6.21. The number of nitrogens with zero attached hydrogens (tertiary/aromatic N) is 2. The highest BCUT2D eigenvalue weighted by Gasteiger charge is 2.16. The van der Waals surface area contributed by atoms with E-state index in [4.69, 9.17) is 6.57 Å². The number of halogens is 1. The molecule has 0 aliphatic carbocycles. The van der Waals surface area contributed by atoms with Gasteiger partial charge in [0, 0.05) is 10.0 Å². The monoisotopic (exact) mass is 220 g/mol. The van der Waals surface area contributed by atoms with Gasteiger partial charge in [-0.25, -0.2) is 0 Å². The first-order chi connectivity index (χ1) is 5.81. The van der Waals surface area contributed by atoms with Gasteiger partial charge < -0.3 is 4.85 Å². The molecule has 0 saturated carbocycles. The summed E-state index contributed by atoms with van der Waals surface area (Å²) in [6, 6.07) is 5.92. The Kier molecular flexibility index (Phi) is 1.70. The lowest BCUT2D eigenvalue weighted by molar-refractivity contribution is 1.11. The molecule has 1 heterocycles. The maximum atomic E-state index is 6.88. The van der Waals surface area contributed by atoms with Crippen molar-refractivity contribution in [2.45, 2.75) is 6.54 Å². The molecule has 0 N–H and O–H groups in total. The Bertz CT molecular complexity index is 401. The summed E-state index contributed by atoms with van der Waals surface area (Å²) in [5.41, 5.74) is 2.11. The van der Waals surface area contributed by atoms with Crippen molar-refractivity contribution in [3.8, 4) is 0 Å². The first-order valence-electron chi connectivity index (χ1n) is 3.52. The fraction of sp³-hybridized carbons (Fsp3) is 0.111. The van der Waals surface area contributed by atoms with Gasteiger partial charge in [0.05, 0.1) is 0 Å². The Balaban J connectivity index is 2.59. The predicted octanol–water partition coefficient (Wildman–Crippen LogP) is 2.63. The Morgan fingerprint density at radius 2 is 2.33 bits per heavy atom. The van der Waals surface area contributed by atoms with Crippen molar-refractivity contribution in [2.24, 2.45) is 4.99 Å². The third-order valence-electron chi connectivity index (χ3n) is 1.82. The number of fused-ring (bicyclic) bond motifs is 1. The van der Waals surface area contributed by atoms with Gasteiger partial charge in [-0.15, -0.1) is 0 Å². The van der Waals surface area contributed by atoms with Crippen LogP contribution in [-0.4, -0.2) is 5.84 Å². The van der Waals surface area contributed by atoms with Gasteiger partial charge in [-0.2, -0.15) is 4.99 Å². The first kappa shape index (κ1) is 7.51. The molecule has 3 heteroatoms. The highest BCUT2D eigenvalue weighted by atomic mass is 79.9. The number of rotatable bonds is 0. The largest absolute Gasteiger partial charge is 0.360 e. The number of aliphatic imine (C=N–C) groups is 1. The molecule has 0 unspecified atom stereocenters. The van der Waals surface area contributed by atoms with Gasteiger partial charge in [0.1, 0.15) is 6.54 Å². The maximum Gasteiger partial charge on any atom is 0.272 e. The summed E-state index contributed by atoms with van der Waals surface area (Å²) in [5, 5.41) is 0. The van der Waals surface area contributed by atoms with Gasteiger partial charge in [-0.05, 0) is 17.7 Å². The molecule has 0 atom stereocenters. The van der Waals surface area contributed by atoms with E-state index in [-0.39, 0.29) is 0 Å². The molecule has 1 aliphatic heterocycles. The molecule has 1 aromatic rings. The highest BCUT2D eigenvalue weighted by Crippen LogP contribution is 2.23. The minimum atomic E-state index is 0.534. The second-order valence-corrected chi connectivity index (χ2v) is 3.47. The Hall–Kier alpha value is -1.14. The van der Waals surface area contributed by atoms with Gasteiger partial charge in [0.15, 0.2) is 0 Å². The molecule has 0 aromatic heterocycles. The van der Waals surface area contributed by atoms with Crippen LogP contribution in [0.25, 0.3) is 4.85 Å². The molecule has 0 bridgehead atoms. The van der Waals surface area contributed by atoms with Crippen LogP contribution < -0.4 is 0 Å². The topological polar surface area (TPSA) is 16.7 Å². The van der Waals surface area contributed by atoms with E-state index >= 15 is 0 Å². The van der Waals surface area contributed by atoms with E-state index in [2.05, 4.69) is 25.8 Å². The van der Waals surface area contributed by atoms with Gasteiger partial charge >= 0.3 is 0 Å². The third kappa shape index (κ3) is 1.05. The zero-order chi connectivity index (χ0) is 8.55. The summed E-state index contributed by atoms with van der Waals surface area (Å²) in [4.78, 5) is 7.45. The van der Waals surface area contributed by atoms with Crippen molar-refractivity contribution in [1.29, 1.82) is 0 Å². The normalized spacial score (nSPS) is 13.5. The van der Waals surface area contributed by atoms with Crippen LogP contribution in [0.5, 0.6) is 0 Å². The molecule has 0 amide bonds. The van der Waals surface area contributed by atoms with Crippen LogP contribution in [0.2, 0.25) is 0 Å². The van der Waals surface area contributed by atoms with Crippen LogP contribution in [-0.2, 0) is 6.54 Å². The van der Waals surface area contributed by atoms with Crippen molar-refractivity contribution in [1.82, 2.24) is 0 Å². The summed E-state index contributed by atoms with van der Waals surface area (Å²) < 4.78 is 1.000. The molecule has 2 rings (SSSR count). The predicted molar refractivity (Wildman–Crippen MR) is 51.0 cm³/mol. The third-order valence-corrected chi connectivity index (χ3v) is 2.31. The molecule has 0 radical (unpaired) electrons. The first-order valence-corrected chi connectivity index (χ1v) is 4.31. The number of hydrogen-bond acceptors (Lipinski definition) is 1. The molecule has 0 saturated heterocycles. The SMILES string of the molecule is [C-]#[N+]C1=NCc2ccc(Br)cc21. The lowest BCUT2D eigenvalue weighted by Crippen LogP contribution is -1.90. The summed E-state index contributed by atoms with van der Waals surface area (Å²) >= 11 is 3.36. The zero-order valence-corrected chi connectivity index (χ0v) is 7.80. The summed E-state index contributed by atoms with van der Waals surface area (Å²) in [5.74, 6) is 0.534. The lowest BCUT2D eigenvalue weighted by atomic mass is 10.1. The van der Waals surface area contributed by atoms with Crippen LogP contribution in [0.3, 0.4) is 0 Å². The van der Waals surface area contributed by atoms with Gasteiger partial charge in [-0.1, -0.05) is 28.6 Å². The van der Waals surface area contributed by atoms with Crippen molar-refractivity contribution in [3.05, 3.63) is 45.2 Å². The number of amidine groups is 1. The van der Waals surface area contributed by atoms with Crippen LogP contribution in [0.15, 0.2) is 27.7 Å². The summed E-state index contributed by atoms with van der Waals surface area (Å²) in [6.45, 7) is 7.53. The molecule has 0 spiro atoms. The van der Waals surface area contributed by atoms with E-state index in [0.717, 1.165) is 15.6 Å². The van der Waals surface area contributed by atoms with Gasteiger partial charge in [0.25, 0.3) is 5.84 Å². The Labute approximate surface area is 78.9 Å². The second kappa shape index (κ2) is 2.72. The minimum Gasteiger partial charge on any atom is -0.360 e. The van der Waals surface area contributed by atoms with Crippen LogP contribution >= 0.6 is 15.9 Å². The standard InChI is InChI=1S/C9H5BrN2/c1-11-9-8-4-7(10)3-2-6(8)5-12-9/h2-4H,5H2. The van der Waals surface area contributed by atoms with E-state index in [1.165, 1.54) is 0 Å². The molecule has 58 valence electrons. The minimum absolute atomic E-state index is 0.534. The smallest absolute Gasteiger partial charge is 0.272 e. The molecule has 1 aromatic carbocycles. The van der Waals surface area contributed by atoms with Crippen molar-refractivity contribution < 1.29 is 0 Å². The quantitative estimate of drug-likeness (QED) is 0.599. The van der Waals surface area contributed by atoms with Gasteiger partial charge in [-0.3, -0.25) is 0 Å². The van der Waals surface area contributed by atoms with Crippen molar-refractivity contribution >= 4 is 21.8 Å². The van der Waals surface area contributed by atoms with E-state index in [9.17, 15) is 0 Å². The highest BCUT2D eigenvalue weighted by molar-refractivity contribution is 9.10. The second-order valence-electron chi connectivity index (χ2n) is 2.55. The summed E-state index contributed by atoms with van der Waals surface area (Å²) in [6.07, 6.45) is 0. The molecule has 1 aliphatic rings. The Morgan fingerprint density at radius 3 is 3.08 bits per heavy atom. The van der Waals surface area contributed by atoms with E-state index in [1.807, 2.05) is 18.2 Å². The molecular weight excluding hydrogens is 216 g/mol. The molecule has 2 nitrogen and oxygen atoms in total. The fourth-order valence-electron chi connectivity index (χ4n) is 1.24. The average molecular weight is 221 g/mol. The van der Waals surface area contributed by atoms with Crippen molar-refractivity contribution in [3.63, 3.8) is 0 Å². The Morgan fingerprint density at radius 1 is 1.50 bits per heavy atom. The molecule has 0 fully saturated rings. The fourth-order valence-corrected chi connectivity index (χ4v) is 1.60. The van der Waals surface area contributed by atoms with Crippen LogP contribution in [0.4, 0.5) is 0 Å². The maximum absolute atomic E-state index is 6.88. The summed E-state index contributed by atoms with van der Waals surface area (Å²) in [7, 11) is 0. The van der Waals surface area contributed by atoms with Crippen LogP contribution in [0, 0.1) is 6.57 Å². The van der Waals surface area contributed by atoms with E-state index in [0.29, 0.717) is 12.4 Å². The molecule has 12 heavy (non-hydrogen) atoms. The number of benzene rings is 1. The molecular formula is C9H5BrN2. The van der Waals surface area contributed by atoms with Crippen molar-refractivity contribution in [2.75, 3.05) is 0 Å².